The Bertz CT molecular complexity index is 583. The Morgan fingerprint density at radius 1 is 1.28 bits per heavy atom. The van der Waals surface area contributed by atoms with Crippen molar-refractivity contribution in [2.45, 2.75) is 12.5 Å². The summed E-state index contributed by atoms with van der Waals surface area (Å²) in [6, 6.07) is 11.2. The third kappa shape index (κ3) is 1.62. The predicted molar refractivity (Wildman–Crippen MR) is 69.2 cm³/mol. The second-order valence-electron chi connectivity index (χ2n) is 4.34. The molecule has 1 aliphatic rings. The van der Waals surface area contributed by atoms with Crippen molar-refractivity contribution in [1.82, 2.24) is 4.98 Å². The summed E-state index contributed by atoms with van der Waals surface area (Å²) in [6.07, 6.45) is 4.29. The summed E-state index contributed by atoms with van der Waals surface area (Å²) in [6.45, 7) is 0. The third-order valence-corrected chi connectivity index (χ3v) is 3.28. The monoisotopic (exact) mass is 239 g/mol. The first-order valence-corrected chi connectivity index (χ1v) is 5.84. The maximum absolute atomic E-state index is 11.7. The van der Waals surface area contributed by atoms with Crippen LogP contribution < -0.4 is 10.6 Å². The van der Waals surface area contributed by atoms with Gasteiger partial charge in [-0.2, -0.15) is 0 Å². The van der Waals surface area contributed by atoms with Gasteiger partial charge in [-0.1, -0.05) is 24.3 Å². The molecule has 1 unspecified atom stereocenters. The predicted octanol–water partition coefficient (Wildman–Crippen LogP) is 2.26. The van der Waals surface area contributed by atoms with Crippen LogP contribution in [0.3, 0.4) is 0 Å². The lowest BCUT2D eigenvalue weighted by Crippen LogP contribution is -2.36. The fourth-order valence-corrected chi connectivity index (χ4v) is 2.50. The van der Waals surface area contributed by atoms with Gasteiger partial charge in [-0.3, -0.25) is 9.88 Å². The number of aromatic nitrogens is 1. The largest absolute Gasteiger partial charge is 0.351 e. The van der Waals surface area contributed by atoms with Gasteiger partial charge in [-0.25, -0.2) is 4.79 Å². The molecule has 2 heterocycles. The summed E-state index contributed by atoms with van der Waals surface area (Å²) in [5.41, 5.74) is 8.56. The number of amides is 2. The van der Waals surface area contributed by atoms with Crippen molar-refractivity contribution in [3.8, 4) is 0 Å². The molecule has 1 aliphatic heterocycles. The Balaban J connectivity index is 2.06. The van der Waals surface area contributed by atoms with Gasteiger partial charge in [0, 0.05) is 18.1 Å². The molecular weight excluding hydrogens is 226 g/mol. The van der Waals surface area contributed by atoms with E-state index in [0.29, 0.717) is 0 Å². The fourth-order valence-electron chi connectivity index (χ4n) is 2.50. The number of rotatable bonds is 1. The molecular formula is C14H13N3O. The standard InChI is InChI=1S/C14H13N3O/c15-14(18)17-12-6-2-1-4-10(12)8-13(17)11-5-3-7-16-9-11/h1-7,9,13H,8H2,(H2,15,18). The van der Waals surface area contributed by atoms with Gasteiger partial charge in [0.25, 0.3) is 0 Å². The summed E-state index contributed by atoms with van der Waals surface area (Å²) >= 11 is 0. The van der Waals surface area contributed by atoms with Crippen molar-refractivity contribution in [2.24, 2.45) is 5.73 Å². The molecule has 0 spiro atoms. The van der Waals surface area contributed by atoms with E-state index in [-0.39, 0.29) is 6.04 Å². The molecule has 4 nitrogen and oxygen atoms in total. The Labute approximate surface area is 105 Å². The number of carbonyl (C=O) groups excluding carboxylic acids is 1. The zero-order valence-electron chi connectivity index (χ0n) is 9.78. The minimum Gasteiger partial charge on any atom is -0.351 e. The van der Waals surface area contributed by atoms with Crippen LogP contribution in [0.2, 0.25) is 0 Å². The molecule has 2 amide bonds. The molecule has 0 bridgehead atoms. The maximum Gasteiger partial charge on any atom is 0.319 e. The number of carbonyl (C=O) groups is 1. The molecule has 0 saturated heterocycles. The van der Waals surface area contributed by atoms with Gasteiger partial charge in [0.05, 0.1) is 6.04 Å². The number of urea groups is 1. The summed E-state index contributed by atoms with van der Waals surface area (Å²) in [7, 11) is 0. The highest BCUT2D eigenvalue weighted by Gasteiger charge is 2.33. The van der Waals surface area contributed by atoms with Crippen LogP contribution in [0.1, 0.15) is 17.2 Å². The average molecular weight is 239 g/mol. The van der Waals surface area contributed by atoms with E-state index >= 15 is 0 Å². The van der Waals surface area contributed by atoms with Crippen LogP contribution in [-0.4, -0.2) is 11.0 Å². The van der Waals surface area contributed by atoms with Gasteiger partial charge >= 0.3 is 6.03 Å². The average Bonchev–Trinajstić information content (AvgIpc) is 2.79. The van der Waals surface area contributed by atoms with E-state index in [1.165, 1.54) is 0 Å². The molecule has 2 aromatic rings. The molecule has 0 radical (unpaired) electrons. The molecule has 4 heteroatoms. The number of hydrogen-bond acceptors (Lipinski definition) is 2. The van der Waals surface area contributed by atoms with Crippen LogP contribution in [0, 0.1) is 0 Å². The zero-order valence-corrected chi connectivity index (χ0v) is 9.78. The number of hydrogen-bond donors (Lipinski definition) is 1. The Hall–Kier alpha value is -2.36. The van der Waals surface area contributed by atoms with E-state index in [0.717, 1.165) is 23.2 Å². The van der Waals surface area contributed by atoms with Gasteiger partial charge in [-0.15, -0.1) is 0 Å². The summed E-state index contributed by atoms with van der Waals surface area (Å²) in [5, 5.41) is 0. The van der Waals surface area contributed by atoms with Gasteiger partial charge < -0.3 is 5.73 Å². The number of anilines is 1. The minimum absolute atomic E-state index is 0.0476. The van der Waals surface area contributed by atoms with Crippen molar-refractivity contribution >= 4 is 11.7 Å². The molecule has 18 heavy (non-hydrogen) atoms. The lowest BCUT2D eigenvalue weighted by atomic mass is 10.0. The summed E-state index contributed by atoms with van der Waals surface area (Å²) in [5.74, 6) is 0. The third-order valence-electron chi connectivity index (χ3n) is 3.28. The van der Waals surface area contributed by atoms with Crippen molar-refractivity contribution in [3.05, 3.63) is 59.9 Å². The number of benzene rings is 1. The van der Waals surface area contributed by atoms with E-state index < -0.39 is 6.03 Å². The highest BCUT2D eigenvalue weighted by Crippen LogP contribution is 2.39. The molecule has 0 aliphatic carbocycles. The fraction of sp³-hybridized carbons (Fsp3) is 0.143. The van der Waals surface area contributed by atoms with Crippen LogP contribution >= 0.6 is 0 Å². The van der Waals surface area contributed by atoms with Crippen LogP contribution in [-0.2, 0) is 6.42 Å². The van der Waals surface area contributed by atoms with Crippen LogP contribution in [0.15, 0.2) is 48.8 Å². The number of pyridine rings is 1. The second-order valence-corrected chi connectivity index (χ2v) is 4.34. The van der Waals surface area contributed by atoms with Gasteiger partial charge in [-0.05, 0) is 29.7 Å². The van der Waals surface area contributed by atoms with E-state index in [4.69, 9.17) is 5.73 Å². The Morgan fingerprint density at radius 2 is 2.11 bits per heavy atom. The van der Waals surface area contributed by atoms with Gasteiger partial charge in [0.2, 0.25) is 0 Å². The van der Waals surface area contributed by atoms with Crippen molar-refractivity contribution in [3.63, 3.8) is 0 Å². The molecule has 1 aromatic heterocycles. The van der Waals surface area contributed by atoms with Crippen LogP contribution in [0.25, 0.3) is 0 Å². The number of nitrogens with two attached hydrogens (primary N) is 1. The van der Waals surface area contributed by atoms with E-state index in [1.54, 1.807) is 17.3 Å². The first-order valence-electron chi connectivity index (χ1n) is 5.84. The summed E-state index contributed by atoms with van der Waals surface area (Å²) in [4.78, 5) is 17.4. The number of nitrogens with zero attached hydrogens (tertiary/aromatic N) is 2. The first-order chi connectivity index (χ1) is 8.77. The van der Waals surface area contributed by atoms with Crippen molar-refractivity contribution < 1.29 is 4.79 Å². The molecule has 2 N–H and O–H groups in total. The summed E-state index contributed by atoms with van der Waals surface area (Å²) < 4.78 is 0. The van der Waals surface area contributed by atoms with Crippen molar-refractivity contribution in [1.29, 1.82) is 0 Å². The van der Waals surface area contributed by atoms with Gasteiger partial charge in [0.15, 0.2) is 0 Å². The molecule has 1 atom stereocenters. The normalized spacial score (nSPS) is 17.6. The molecule has 0 fully saturated rings. The van der Waals surface area contributed by atoms with E-state index in [2.05, 4.69) is 4.98 Å². The first kappa shape index (κ1) is 10.8. The molecule has 3 rings (SSSR count). The number of fused-ring (bicyclic) bond motifs is 1. The van der Waals surface area contributed by atoms with Gasteiger partial charge in [0.1, 0.15) is 0 Å². The number of primary amides is 1. The van der Waals surface area contributed by atoms with Crippen LogP contribution in [0.4, 0.5) is 10.5 Å². The number of para-hydroxylation sites is 1. The van der Waals surface area contributed by atoms with Crippen LogP contribution in [0.5, 0.6) is 0 Å². The highest BCUT2D eigenvalue weighted by molar-refractivity contribution is 5.94. The SMILES string of the molecule is NC(=O)N1c2ccccc2CC1c1cccnc1. The zero-order chi connectivity index (χ0) is 12.5. The Kier molecular flexibility index (Phi) is 2.48. The molecule has 0 saturated carbocycles. The molecule has 1 aromatic carbocycles. The smallest absolute Gasteiger partial charge is 0.319 e. The minimum atomic E-state index is -0.422. The maximum atomic E-state index is 11.7. The highest BCUT2D eigenvalue weighted by atomic mass is 16.2. The lowest BCUT2D eigenvalue weighted by Gasteiger charge is -2.23. The lowest BCUT2D eigenvalue weighted by molar-refractivity contribution is 0.252. The molecule has 90 valence electrons. The Morgan fingerprint density at radius 3 is 2.83 bits per heavy atom. The quantitative estimate of drug-likeness (QED) is 0.829. The van der Waals surface area contributed by atoms with E-state index in [9.17, 15) is 4.79 Å². The van der Waals surface area contributed by atoms with Crippen molar-refractivity contribution in [2.75, 3.05) is 4.90 Å². The topological polar surface area (TPSA) is 59.2 Å². The van der Waals surface area contributed by atoms with E-state index in [1.807, 2.05) is 36.4 Å². The second kappa shape index (κ2) is 4.14.